The second-order valence-electron chi connectivity index (χ2n) is 7.64. The number of carbonyl (C=O) groups is 1. The van der Waals surface area contributed by atoms with Gasteiger partial charge in [-0.3, -0.25) is 4.79 Å². The first-order valence-corrected chi connectivity index (χ1v) is 10.2. The average Bonchev–Trinajstić information content (AvgIpc) is 3.42. The predicted molar refractivity (Wildman–Crippen MR) is 116 cm³/mol. The number of aromatic amines is 1. The second kappa shape index (κ2) is 8.11. The molecule has 12 heteroatoms. The number of para-hydroxylation sites is 1. The number of nitrogens with zero attached hydrogens (tertiary/aromatic N) is 5. The molecule has 1 fully saturated rings. The molecule has 10 nitrogen and oxygen atoms in total. The minimum atomic E-state index is -2.80. The number of pyridine rings is 1. The van der Waals surface area contributed by atoms with Crippen LogP contribution in [0.25, 0.3) is 16.9 Å². The number of imidazole rings is 1. The van der Waals surface area contributed by atoms with E-state index in [9.17, 15) is 13.6 Å². The molecule has 0 spiro atoms. The summed E-state index contributed by atoms with van der Waals surface area (Å²) in [7, 11) is 1.52. The molecular formula is C21H20F2N8O2. The molecule has 1 amide bonds. The lowest BCUT2D eigenvalue weighted by molar-refractivity contribution is -0.117. The minimum Gasteiger partial charge on any atom is -0.492 e. The number of ether oxygens (including phenoxy) is 1. The molecule has 3 N–H and O–H groups in total. The monoisotopic (exact) mass is 454 g/mol. The lowest BCUT2D eigenvalue weighted by Gasteiger charge is -2.16. The standard InChI is InChI=1S/C21H20F2N8O2/c1-10-24-9-25-31(10)14-5-3-4-12(17(14)33-2)26-13-8-15(28-21(32)11-6-7-11)27-19-16(13)29-20(30-19)18(22)23/h3-5,8-9,11,18H,6-7H2,1-2H3,(H3,26,27,28,29,30,32). The highest BCUT2D eigenvalue weighted by atomic mass is 19.3. The highest BCUT2D eigenvalue weighted by molar-refractivity contribution is 5.97. The molecule has 3 aromatic heterocycles. The van der Waals surface area contributed by atoms with E-state index in [4.69, 9.17) is 4.74 Å². The SMILES string of the molecule is COc1c(Nc2cc(NC(=O)C3CC3)nc3[nH]c(C(F)F)nc23)cccc1-n1ncnc1C. The van der Waals surface area contributed by atoms with Crippen LogP contribution in [0.5, 0.6) is 5.75 Å². The number of halogens is 2. The highest BCUT2D eigenvalue weighted by Crippen LogP contribution is 2.37. The smallest absolute Gasteiger partial charge is 0.295 e. The molecule has 0 saturated heterocycles. The molecule has 0 bridgehead atoms. The van der Waals surface area contributed by atoms with E-state index < -0.39 is 12.2 Å². The van der Waals surface area contributed by atoms with Gasteiger partial charge >= 0.3 is 0 Å². The number of carbonyl (C=O) groups excluding carboxylic acids is 1. The number of aromatic nitrogens is 6. The first kappa shape index (κ1) is 20.8. The number of hydrogen-bond donors (Lipinski definition) is 3. The summed E-state index contributed by atoms with van der Waals surface area (Å²) >= 11 is 0. The summed E-state index contributed by atoms with van der Waals surface area (Å²) in [6.45, 7) is 1.81. The molecular weight excluding hydrogens is 434 g/mol. The fourth-order valence-corrected chi connectivity index (χ4v) is 3.53. The molecule has 0 radical (unpaired) electrons. The molecule has 1 aromatic carbocycles. The van der Waals surface area contributed by atoms with Gasteiger partial charge in [0.15, 0.2) is 17.2 Å². The summed E-state index contributed by atoms with van der Waals surface area (Å²) in [5, 5.41) is 10.2. The summed E-state index contributed by atoms with van der Waals surface area (Å²) in [5.41, 5.74) is 1.89. The maximum absolute atomic E-state index is 13.3. The van der Waals surface area contributed by atoms with E-state index in [-0.39, 0.29) is 28.8 Å². The Kier molecular flexibility index (Phi) is 5.11. The summed E-state index contributed by atoms with van der Waals surface area (Å²) < 4.78 is 33.9. The number of anilines is 3. The number of alkyl halides is 2. The van der Waals surface area contributed by atoms with Crippen molar-refractivity contribution in [2.45, 2.75) is 26.2 Å². The number of methoxy groups -OCH3 is 1. The molecule has 170 valence electrons. The van der Waals surface area contributed by atoms with Gasteiger partial charge in [0.2, 0.25) is 5.91 Å². The van der Waals surface area contributed by atoms with Crippen molar-refractivity contribution in [3.05, 3.63) is 42.2 Å². The third-order valence-electron chi connectivity index (χ3n) is 5.29. The van der Waals surface area contributed by atoms with Gasteiger partial charge in [-0.2, -0.15) is 5.10 Å². The zero-order valence-electron chi connectivity index (χ0n) is 17.8. The first-order chi connectivity index (χ1) is 15.9. The van der Waals surface area contributed by atoms with E-state index in [1.54, 1.807) is 22.9 Å². The van der Waals surface area contributed by atoms with Crippen molar-refractivity contribution in [3.63, 3.8) is 0 Å². The van der Waals surface area contributed by atoms with Crippen LogP contribution in [0.4, 0.5) is 26.0 Å². The van der Waals surface area contributed by atoms with Gasteiger partial charge in [0.1, 0.15) is 29.2 Å². The molecule has 1 aliphatic rings. The van der Waals surface area contributed by atoms with Crippen LogP contribution in [0, 0.1) is 12.8 Å². The molecule has 4 aromatic rings. The zero-order chi connectivity index (χ0) is 23.1. The number of nitrogens with one attached hydrogen (secondary N) is 3. The van der Waals surface area contributed by atoms with Gasteiger partial charge in [0.25, 0.3) is 6.43 Å². The first-order valence-electron chi connectivity index (χ1n) is 10.2. The van der Waals surface area contributed by atoms with Gasteiger partial charge in [-0.15, -0.1) is 0 Å². The van der Waals surface area contributed by atoms with Crippen LogP contribution < -0.4 is 15.4 Å². The van der Waals surface area contributed by atoms with Crippen LogP contribution in [-0.4, -0.2) is 42.7 Å². The summed E-state index contributed by atoms with van der Waals surface area (Å²) in [5.74, 6) is 0.654. The van der Waals surface area contributed by atoms with Crippen molar-refractivity contribution < 1.29 is 18.3 Å². The normalized spacial score (nSPS) is 13.5. The Morgan fingerprint density at radius 3 is 2.76 bits per heavy atom. The van der Waals surface area contributed by atoms with Crippen LogP contribution in [0.3, 0.4) is 0 Å². The maximum Gasteiger partial charge on any atom is 0.295 e. The van der Waals surface area contributed by atoms with Crippen molar-refractivity contribution >= 4 is 34.3 Å². The summed E-state index contributed by atoms with van der Waals surface area (Å²) in [6.07, 6.45) is 0.283. The molecule has 1 saturated carbocycles. The maximum atomic E-state index is 13.3. The third kappa shape index (κ3) is 3.95. The van der Waals surface area contributed by atoms with Gasteiger partial charge in [-0.25, -0.2) is 28.4 Å². The van der Waals surface area contributed by atoms with E-state index in [1.165, 1.54) is 13.4 Å². The third-order valence-corrected chi connectivity index (χ3v) is 5.29. The number of amides is 1. The minimum absolute atomic E-state index is 0.0417. The fourth-order valence-electron chi connectivity index (χ4n) is 3.53. The Balaban J connectivity index is 1.59. The van der Waals surface area contributed by atoms with Crippen LogP contribution >= 0.6 is 0 Å². The lowest BCUT2D eigenvalue weighted by atomic mass is 10.2. The fraction of sp³-hybridized carbons (Fsp3) is 0.286. The van der Waals surface area contributed by atoms with Crippen molar-refractivity contribution in [1.29, 1.82) is 0 Å². The van der Waals surface area contributed by atoms with Crippen molar-refractivity contribution in [1.82, 2.24) is 29.7 Å². The van der Waals surface area contributed by atoms with E-state index in [2.05, 4.69) is 35.7 Å². The van der Waals surface area contributed by atoms with Crippen LogP contribution in [-0.2, 0) is 4.79 Å². The Morgan fingerprint density at radius 2 is 2.09 bits per heavy atom. The van der Waals surface area contributed by atoms with E-state index >= 15 is 0 Å². The van der Waals surface area contributed by atoms with E-state index in [1.807, 2.05) is 13.0 Å². The van der Waals surface area contributed by atoms with Gasteiger partial charge in [0, 0.05) is 12.0 Å². The van der Waals surface area contributed by atoms with Gasteiger partial charge in [-0.1, -0.05) is 6.07 Å². The topological polar surface area (TPSA) is 123 Å². The van der Waals surface area contributed by atoms with E-state index in [0.29, 0.717) is 28.6 Å². The second-order valence-corrected chi connectivity index (χ2v) is 7.64. The molecule has 5 rings (SSSR count). The van der Waals surface area contributed by atoms with Crippen LogP contribution in [0.1, 0.15) is 30.9 Å². The van der Waals surface area contributed by atoms with Crippen molar-refractivity contribution in [2.75, 3.05) is 17.7 Å². The Bertz CT molecular complexity index is 1350. The summed E-state index contributed by atoms with van der Waals surface area (Å²) in [6, 6.07) is 6.94. The number of benzene rings is 1. The Hall–Kier alpha value is -4.09. The van der Waals surface area contributed by atoms with Crippen LogP contribution in [0.15, 0.2) is 30.6 Å². The van der Waals surface area contributed by atoms with Gasteiger partial charge < -0.3 is 20.4 Å². The largest absolute Gasteiger partial charge is 0.492 e. The number of hydrogen-bond acceptors (Lipinski definition) is 7. The highest BCUT2D eigenvalue weighted by Gasteiger charge is 2.30. The molecule has 0 unspecified atom stereocenters. The van der Waals surface area contributed by atoms with Crippen molar-refractivity contribution in [3.8, 4) is 11.4 Å². The number of fused-ring (bicyclic) bond motifs is 1. The predicted octanol–water partition coefficient (Wildman–Crippen LogP) is 3.89. The van der Waals surface area contributed by atoms with Gasteiger partial charge in [0.05, 0.1) is 18.5 Å². The van der Waals surface area contributed by atoms with Crippen molar-refractivity contribution in [2.24, 2.45) is 5.92 Å². The molecule has 33 heavy (non-hydrogen) atoms. The number of aryl methyl sites for hydroxylation is 1. The molecule has 3 heterocycles. The molecule has 0 atom stereocenters. The number of H-pyrrole nitrogens is 1. The lowest BCUT2D eigenvalue weighted by Crippen LogP contribution is -2.14. The molecule has 1 aliphatic carbocycles. The quantitative estimate of drug-likeness (QED) is 0.387. The van der Waals surface area contributed by atoms with Gasteiger partial charge in [-0.05, 0) is 31.9 Å². The van der Waals surface area contributed by atoms with Crippen LogP contribution in [0.2, 0.25) is 0 Å². The molecule has 0 aliphatic heterocycles. The summed E-state index contributed by atoms with van der Waals surface area (Å²) in [4.78, 5) is 27.2. The number of rotatable bonds is 7. The van der Waals surface area contributed by atoms with E-state index in [0.717, 1.165) is 12.8 Å². The Morgan fingerprint density at radius 1 is 1.27 bits per heavy atom. The average molecular weight is 454 g/mol. The Labute approximate surface area is 186 Å². The zero-order valence-corrected chi connectivity index (χ0v) is 17.8.